The fourth-order valence-corrected chi connectivity index (χ4v) is 2.10. The summed E-state index contributed by atoms with van der Waals surface area (Å²) in [5, 5.41) is 2.92. The molecule has 0 aliphatic carbocycles. The van der Waals surface area contributed by atoms with E-state index in [1.165, 1.54) is 6.20 Å². The second-order valence-corrected chi connectivity index (χ2v) is 5.17. The molecule has 1 unspecified atom stereocenters. The van der Waals surface area contributed by atoms with E-state index in [0.717, 1.165) is 18.1 Å². The number of aromatic nitrogens is 2. The molecular formula is C10H19ClN4OS. The predicted molar refractivity (Wildman–Crippen MR) is 71.5 cm³/mol. The molecule has 3 N–H and O–H groups in total. The van der Waals surface area contributed by atoms with Gasteiger partial charge in [-0.15, -0.1) is 12.4 Å². The summed E-state index contributed by atoms with van der Waals surface area (Å²) in [4.78, 5) is 11.8. The minimum atomic E-state index is -0.380. The molecule has 0 aliphatic heterocycles. The van der Waals surface area contributed by atoms with Crippen LogP contribution in [0.5, 0.6) is 0 Å². The van der Waals surface area contributed by atoms with Crippen molar-refractivity contribution in [3.63, 3.8) is 0 Å². The molecule has 7 heteroatoms. The van der Waals surface area contributed by atoms with Gasteiger partial charge in [-0.2, -0.15) is 8.75 Å². The highest BCUT2D eigenvalue weighted by atomic mass is 35.5. The Bertz CT molecular complexity index is 344. The van der Waals surface area contributed by atoms with Crippen molar-refractivity contribution < 1.29 is 4.79 Å². The molecule has 98 valence electrons. The average Bonchev–Trinajstić information content (AvgIpc) is 2.69. The van der Waals surface area contributed by atoms with Crippen LogP contribution in [-0.4, -0.2) is 26.7 Å². The van der Waals surface area contributed by atoms with E-state index in [4.69, 9.17) is 5.73 Å². The molecule has 1 aromatic rings. The van der Waals surface area contributed by atoms with Gasteiger partial charge in [-0.1, -0.05) is 13.8 Å². The van der Waals surface area contributed by atoms with Gasteiger partial charge in [0.25, 0.3) is 5.91 Å². The largest absolute Gasteiger partial charge is 0.344 e. The van der Waals surface area contributed by atoms with Gasteiger partial charge in [-0.25, -0.2) is 0 Å². The first-order valence-corrected chi connectivity index (χ1v) is 6.00. The van der Waals surface area contributed by atoms with Gasteiger partial charge in [0, 0.05) is 6.54 Å². The van der Waals surface area contributed by atoms with E-state index in [1.54, 1.807) is 0 Å². The minimum Gasteiger partial charge on any atom is -0.344 e. The molecule has 0 bridgehead atoms. The summed E-state index contributed by atoms with van der Waals surface area (Å²) in [5.74, 6) is 0.268. The molecule has 0 saturated heterocycles. The number of hydrogen-bond acceptors (Lipinski definition) is 5. The van der Waals surface area contributed by atoms with E-state index < -0.39 is 0 Å². The second kappa shape index (κ2) is 6.88. The Balaban J connectivity index is 0.00000256. The van der Waals surface area contributed by atoms with E-state index in [1.807, 2.05) is 6.92 Å². The van der Waals surface area contributed by atoms with Gasteiger partial charge in [0.1, 0.15) is 0 Å². The second-order valence-electron chi connectivity index (χ2n) is 4.61. The molecule has 1 rings (SSSR count). The van der Waals surface area contributed by atoms with Crippen LogP contribution in [-0.2, 0) is 0 Å². The number of carbonyl (C=O) groups excluding carboxylic acids is 1. The number of rotatable bonds is 5. The van der Waals surface area contributed by atoms with Gasteiger partial charge < -0.3 is 11.1 Å². The Hall–Kier alpha value is -0.720. The van der Waals surface area contributed by atoms with E-state index in [9.17, 15) is 4.79 Å². The van der Waals surface area contributed by atoms with Crippen molar-refractivity contribution in [2.24, 2.45) is 11.7 Å². The molecule has 0 aliphatic rings. The Morgan fingerprint density at radius 1 is 1.65 bits per heavy atom. The maximum absolute atomic E-state index is 11.8. The quantitative estimate of drug-likeness (QED) is 0.854. The van der Waals surface area contributed by atoms with Crippen LogP contribution in [0.4, 0.5) is 0 Å². The fraction of sp³-hybridized carbons (Fsp3) is 0.700. The molecule has 1 amide bonds. The predicted octanol–water partition coefficient (Wildman–Crippen LogP) is 1.45. The number of hydrogen-bond donors (Lipinski definition) is 2. The van der Waals surface area contributed by atoms with Crippen LogP contribution in [0.15, 0.2) is 6.20 Å². The summed E-state index contributed by atoms with van der Waals surface area (Å²) in [5.41, 5.74) is 5.68. The number of nitrogens with zero attached hydrogens (tertiary/aromatic N) is 2. The lowest BCUT2D eigenvalue weighted by Gasteiger charge is -2.30. The molecule has 0 fully saturated rings. The van der Waals surface area contributed by atoms with Crippen LogP contribution in [0, 0.1) is 5.92 Å². The average molecular weight is 279 g/mol. The van der Waals surface area contributed by atoms with Crippen LogP contribution in [0.3, 0.4) is 0 Å². The van der Waals surface area contributed by atoms with Crippen LogP contribution >= 0.6 is 24.1 Å². The van der Waals surface area contributed by atoms with Crippen LogP contribution in [0.1, 0.15) is 37.7 Å². The molecule has 17 heavy (non-hydrogen) atoms. The summed E-state index contributed by atoms with van der Waals surface area (Å²) in [6.45, 7) is 6.56. The topological polar surface area (TPSA) is 80.9 Å². The highest BCUT2D eigenvalue weighted by Gasteiger charge is 2.27. The number of amides is 1. The maximum Gasteiger partial charge on any atom is 0.273 e. The molecule has 1 aromatic heterocycles. The zero-order valence-electron chi connectivity index (χ0n) is 10.3. The lowest BCUT2D eigenvalue weighted by atomic mass is 9.90. The number of nitrogens with one attached hydrogen (secondary N) is 1. The highest BCUT2D eigenvalue weighted by Crippen LogP contribution is 2.15. The highest BCUT2D eigenvalue weighted by molar-refractivity contribution is 6.99. The lowest BCUT2D eigenvalue weighted by molar-refractivity contribution is 0.0894. The minimum absolute atomic E-state index is 0. The Morgan fingerprint density at radius 3 is 2.71 bits per heavy atom. The zero-order valence-corrected chi connectivity index (χ0v) is 11.9. The molecule has 0 saturated carbocycles. The lowest BCUT2D eigenvalue weighted by Crippen LogP contribution is -2.52. The number of nitrogens with two attached hydrogens (primary N) is 1. The molecule has 5 nitrogen and oxygen atoms in total. The van der Waals surface area contributed by atoms with E-state index in [-0.39, 0.29) is 23.9 Å². The van der Waals surface area contributed by atoms with Crippen LogP contribution < -0.4 is 11.1 Å². The Labute approximate surface area is 112 Å². The molecule has 0 spiro atoms. The first-order chi connectivity index (χ1) is 7.47. The normalized spacial score (nSPS) is 13.9. The molecule has 1 heterocycles. The summed E-state index contributed by atoms with van der Waals surface area (Å²) in [6, 6.07) is 0. The van der Waals surface area contributed by atoms with Crippen molar-refractivity contribution >= 4 is 30.0 Å². The van der Waals surface area contributed by atoms with Gasteiger partial charge >= 0.3 is 0 Å². The van der Waals surface area contributed by atoms with E-state index in [2.05, 4.69) is 27.9 Å². The monoisotopic (exact) mass is 278 g/mol. The smallest absolute Gasteiger partial charge is 0.273 e. The third-order valence-electron chi connectivity index (χ3n) is 2.32. The van der Waals surface area contributed by atoms with Crippen LogP contribution in [0.25, 0.3) is 0 Å². The van der Waals surface area contributed by atoms with Gasteiger partial charge in [0.05, 0.1) is 23.5 Å². The first kappa shape index (κ1) is 16.3. The van der Waals surface area contributed by atoms with Crippen molar-refractivity contribution in [2.75, 3.05) is 6.54 Å². The van der Waals surface area contributed by atoms with Crippen molar-refractivity contribution in [2.45, 2.75) is 32.7 Å². The molecule has 0 aromatic carbocycles. The Morgan fingerprint density at radius 2 is 2.29 bits per heavy atom. The summed E-state index contributed by atoms with van der Waals surface area (Å²) in [6.07, 6.45) is 2.30. The maximum atomic E-state index is 11.8. The van der Waals surface area contributed by atoms with Gasteiger partial charge in [0.2, 0.25) is 0 Å². The number of halogens is 1. The van der Waals surface area contributed by atoms with Crippen molar-refractivity contribution in [3.05, 3.63) is 11.9 Å². The van der Waals surface area contributed by atoms with Crippen LogP contribution in [0.2, 0.25) is 0 Å². The molecule has 0 radical (unpaired) electrons. The zero-order chi connectivity index (χ0) is 12.2. The van der Waals surface area contributed by atoms with Crippen molar-refractivity contribution in [1.29, 1.82) is 0 Å². The first-order valence-electron chi connectivity index (χ1n) is 5.27. The van der Waals surface area contributed by atoms with Crippen molar-refractivity contribution in [3.8, 4) is 0 Å². The SMILES string of the molecule is CC(C)CC(C)(CN)NC(=O)c1cnsn1.Cl. The van der Waals surface area contributed by atoms with Gasteiger partial charge in [0.15, 0.2) is 5.69 Å². The summed E-state index contributed by atoms with van der Waals surface area (Å²) < 4.78 is 7.69. The van der Waals surface area contributed by atoms with E-state index >= 15 is 0 Å². The van der Waals surface area contributed by atoms with Crippen molar-refractivity contribution in [1.82, 2.24) is 14.1 Å². The molecule has 1 atom stereocenters. The summed E-state index contributed by atoms with van der Waals surface area (Å²) >= 11 is 1.02. The third-order valence-corrected chi connectivity index (χ3v) is 2.80. The van der Waals surface area contributed by atoms with Gasteiger partial charge in [-0.3, -0.25) is 4.79 Å². The standard InChI is InChI=1S/C10H18N4OS.ClH/c1-7(2)4-10(3,6-11)13-9(15)8-5-12-16-14-8;/h5,7H,4,6,11H2,1-3H3,(H,13,15);1H. The molecular weight excluding hydrogens is 260 g/mol. The van der Waals surface area contributed by atoms with Gasteiger partial charge in [-0.05, 0) is 19.3 Å². The number of carbonyl (C=O) groups is 1. The van der Waals surface area contributed by atoms with E-state index in [0.29, 0.717) is 18.2 Å². The fourth-order valence-electron chi connectivity index (χ4n) is 1.69. The third kappa shape index (κ3) is 4.97. The Kier molecular flexibility index (Phi) is 6.59. The summed E-state index contributed by atoms with van der Waals surface area (Å²) in [7, 11) is 0.